The van der Waals surface area contributed by atoms with Crippen LogP contribution in [0.2, 0.25) is 0 Å². The van der Waals surface area contributed by atoms with Gasteiger partial charge in [0.2, 0.25) is 0 Å². The fourth-order valence-electron chi connectivity index (χ4n) is 1.03. The van der Waals surface area contributed by atoms with Crippen molar-refractivity contribution in [3.8, 4) is 0 Å². The van der Waals surface area contributed by atoms with Crippen molar-refractivity contribution >= 4 is 5.57 Å². The van der Waals surface area contributed by atoms with E-state index in [0.29, 0.717) is 11.4 Å². The minimum Gasteiger partial charge on any atom is -0.241 e. The Morgan fingerprint density at radius 3 is 2.47 bits per heavy atom. The van der Waals surface area contributed by atoms with Crippen LogP contribution in [0.5, 0.6) is 0 Å². The Bertz CT molecular complexity index is 402. The molecular weight excluding hydrogens is 191 g/mol. The van der Waals surface area contributed by atoms with Gasteiger partial charge in [-0.3, -0.25) is 0 Å². The molecule has 0 amide bonds. The lowest BCUT2D eigenvalue weighted by atomic mass is 10.1. The predicted molar refractivity (Wildman–Crippen MR) is 59.8 cm³/mol. The number of allylic oxidation sites excluding steroid dienone is 5. The second-order valence-corrected chi connectivity index (χ2v) is 3.00. The fraction of sp³-hybridized carbons (Fsp3) is 0.167. The van der Waals surface area contributed by atoms with Crippen LogP contribution in [0.3, 0.4) is 0 Å². The van der Waals surface area contributed by atoms with Crippen LogP contribution >= 0.6 is 0 Å². The number of halogens is 1. The van der Waals surface area contributed by atoms with Gasteiger partial charge in [-0.15, -0.1) is 0 Å². The number of hydrogen-bond acceptors (Lipinski definition) is 2. The van der Waals surface area contributed by atoms with E-state index in [4.69, 9.17) is 0 Å². The summed E-state index contributed by atoms with van der Waals surface area (Å²) >= 11 is 0. The summed E-state index contributed by atoms with van der Waals surface area (Å²) in [6.45, 7) is 7.07. The van der Waals surface area contributed by atoms with Crippen molar-refractivity contribution in [1.29, 1.82) is 0 Å². The first kappa shape index (κ1) is 11.3. The summed E-state index contributed by atoms with van der Waals surface area (Å²) in [7, 11) is 0. The van der Waals surface area contributed by atoms with Crippen LogP contribution in [-0.4, -0.2) is 9.97 Å². The molecule has 1 aromatic heterocycles. The molecule has 1 aromatic rings. The summed E-state index contributed by atoms with van der Waals surface area (Å²) in [5.41, 5.74) is 1.43. The van der Waals surface area contributed by atoms with Gasteiger partial charge in [-0.25, -0.2) is 14.4 Å². The quantitative estimate of drug-likeness (QED) is 0.706. The molecule has 0 spiro atoms. The van der Waals surface area contributed by atoms with Gasteiger partial charge in [0, 0.05) is 18.0 Å². The predicted octanol–water partition coefficient (Wildman–Crippen LogP) is 3.23. The largest absolute Gasteiger partial charge is 0.241 e. The van der Waals surface area contributed by atoms with Gasteiger partial charge < -0.3 is 0 Å². The molecule has 0 aromatic carbocycles. The summed E-state index contributed by atoms with van der Waals surface area (Å²) in [5.74, 6) is 0.388. The van der Waals surface area contributed by atoms with E-state index < -0.39 is 0 Å². The number of rotatable bonds is 3. The fourth-order valence-corrected chi connectivity index (χ4v) is 1.03. The summed E-state index contributed by atoms with van der Waals surface area (Å²) in [6.07, 6.45) is 7.67. The first-order valence-electron chi connectivity index (χ1n) is 4.62. The first-order valence-corrected chi connectivity index (χ1v) is 4.62. The third-order valence-corrected chi connectivity index (χ3v) is 1.90. The molecular formula is C12H13FN2. The number of hydrogen-bond donors (Lipinski definition) is 0. The Hall–Kier alpha value is -1.77. The van der Waals surface area contributed by atoms with E-state index in [-0.39, 0.29) is 5.83 Å². The summed E-state index contributed by atoms with van der Waals surface area (Å²) in [4.78, 5) is 8.08. The summed E-state index contributed by atoms with van der Waals surface area (Å²) < 4.78 is 13.0. The highest BCUT2D eigenvalue weighted by Gasteiger charge is 1.99. The number of nitrogens with zero attached hydrogens (tertiary/aromatic N) is 2. The molecule has 78 valence electrons. The molecule has 0 bridgehead atoms. The normalized spacial score (nSPS) is 12.7. The van der Waals surface area contributed by atoms with Crippen LogP contribution in [0.15, 0.2) is 43.0 Å². The SMILES string of the molecule is C=C/C(=C\C(F)=C/C)c1cnc(C)nc1. The molecule has 3 heteroatoms. The van der Waals surface area contributed by atoms with Crippen molar-refractivity contribution in [3.63, 3.8) is 0 Å². The Kier molecular flexibility index (Phi) is 3.92. The van der Waals surface area contributed by atoms with Gasteiger partial charge in [0.1, 0.15) is 11.7 Å². The highest BCUT2D eigenvalue weighted by molar-refractivity contribution is 5.74. The van der Waals surface area contributed by atoms with Crippen LogP contribution in [0.1, 0.15) is 18.3 Å². The molecule has 0 aliphatic carbocycles. The van der Waals surface area contributed by atoms with Crippen molar-refractivity contribution < 1.29 is 4.39 Å². The zero-order valence-electron chi connectivity index (χ0n) is 8.87. The Labute approximate surface area is 88.9 Å². The molecule has 0 radical (unpaired) electrons. The van der Waals surface area contributed by atoms with Crippen molar-refractivity contribution in [2.24, 2.45) is 0 Å². The topological polar surface area (TPSA) is 25.8 Å². The molecule has 0 aliphatic heterocycles. The molecule has 1 heterocycles. The van der Waals surface area contributed by atoms with E-state index >= 15 is 0 Å². The number of aromatic nitrogens is 2. The zero-order chi connectivity index (χ0) is 11.3. The van der Waals surface area contributed by atoms with E-state index in [9.17, 15) is 4.39 Å². The Morgan fingerprint density at radius 2 is 2.00 bits per heavy atom. The molecule has 0 N–H and O–H groups in total. The maximum absolute atomic E-state index is 13.0. The minimum absolute atomic E-state index is 0.300. The maximum Gasteiger partial charge on any atom is 0.125 e. The molecule has 0 unspecified atom stereocenters. The second-order valence-electron chi connectivity index (χ2n) is 3.00. The second kappa shape index (κ2) is 5.20. The van der Waals surface area contributed by atoms with E-state index in [1.807, 2.05) is 0 Å². The van der Waals surface area contributed by atoms with Crippen molar-refractivity contribution in [1.82, 2.24) is 9.97 Å². The van der Waals surface area contributed by atoms with Crippen LogP contribution in [0.4, 0.5) is 4.39 Å². The third kappa shape index (κ3) is 3.13. The lowest BCUT2D eigenvalue weighted by Crippen LogP contribution is -1.89. The highest BCUT2D eigenvalue weighted by atomic mass is 19.1. The lowest BCUT2D eigenvalue weighted by Gasteiger charge is -2.00. The van der Waals surface area contributed by atoms with Gasteiger partial charge in [-0.1, -0.05) is 18.7 Å². The van der Waals surface area contributed by atoms with Gasteiger partial charge >= 0.3 is 0 Å². The smallest absolute Gasteiger partial charge is 0.125 e. The summed E-state index contributed by atoms with van der Waals surface area (Å²) in [5, 5.41) is 0. The maximum atomic E-state index is 13.0. The zero-order valence-corrected chi connectivity index (χ0v) is 8.87. The molecule has 0 atom stereocenters. The van der Waals surface area contributed by atoms with E-state index in [0.717, 1.165) is 5.56 Å². The van der Waals surface area contributed by atoms with Crippen molar-refractivity contribution in [2.45, 2.75) is 13.8 Å². The molecule has 2 nitrogen and oxygen atoms in total. The third-order valence-electron chi connectivity index (χ3n) is 1.90. The van der Waals surface area contributed by atoms with Crippen molar-refractivity contribution in [2.75, 3.05) is 0 Å². The van der Waals surface area contributed by atoms with Crippen LogP contribution in [0.25, 0.3) is 5.57 Å². The average molecular weight is 204 g/mol. The van der Waals surface area contributed by atoms with Crippen LogP contribution < -0.4 is 0 Å². The van der Waals surface area contributed by atoms with E-state index in [2.05, 4.69) is 16.5 Å². The summed E-state index contributed by atoms with van der Waals surface area (Å²) in [6, 6.07) is 0. The van der Waals surface area contributed by atoms with Gasteiger partial charge in [-0.2, -0.15) is 0 Å². The molecule has 1 rings (SSSR count). The molecule has 0 fully saturated rings. The Morgan fingerprint density at radius 1 is 1.40 bits per heavy atom. The van der Waals surface area contributed by atoms with Crippen molar-refractivity contribution in [3.05, 3.63) is 54.4 Å². The van der Waals surface area contributed by atoms with E-state index in [1.54, 1.807) is 32.3 Å². The standard InChI is InChI=1S/C12H13FN2/c1-4-10(6-12(13)5-2)11-7-14-9(3)15-8-11/h4-8H,1H2,2-3H3/b10-6+,12-5+. The number of aryl methyl sites for hydroxylation is 1. The molecule has 0 saturated carbocycles. The Balaban J connectivity index is 3.08. The van der Waals surface area contributed by atoms with Gasteiger partial charge in [-0.05, 0) is 25.5 Å². The molecule has 15 heavy (non-hydrogen) atoms. The van der Waals surface area contributed by atoms with Gasteiger partial charge in [0.15, 0.2) is 0 Å². The highest BCUT2D eigenvalue weighted by Crippen LogP contribution is 2.16. The van der Waals surface area contributed by atoms with E-state index in [1.165, 1.54) is 12.2 Å². The first-order chi connectivity index (χ1) is 7.17. The van der Waals surface area contributed by atoms with Gasteiger partial charge in [0.05, 0.1) is 0 Å². The average Bonchev–Trinajstić information content (AvgIpc) is 2.27. The van der Waals surface area contributed by atoms with Crippen LogP contribution in [-0.2, 0) is 0 Å². The lowest BCUT2D eigenvalue weighted by molar-refractivity contribution is 0.665. The van der Waals surface area contributed by atoms with Gasteiger partial charge in [0.25, 0.3) is 0 Å². The minimum atomic E-state index is -0.300. The monoisotopic (exact) mass is 204 g/mol. The van der Waals surface area contributed by atoms with Crippen LogP contribution in [0, 0.1) is 6.92 Å². The molecule has 0 saturated heterocycles. The molecule has 0 aliphatic rings.